The second-order valence-electron chi connectivity index (χ2n) is 16.7. The molecule has 0 aliphatic carbocycles. The molecule has 0 bridgehead atoms. The van der Waals surface area contributed by atoms with Crippen LogP contribution in [0.25, 0.3) is 22.6 Å². The van der Waals surface area contributed by atoms with Gasteiger partial charge in [-0.15, -0.1) is 0 Å². The van der Waals surface area contributed by atoms with Crippen molar-refractivity contribution in [3.63, 3.8) is 0 Å². The number of nitrogens with zero attached hydrogens (tertiary/aromatic N) is 6. The van der Waals surface area contributed by atoms with Crippen LogP contribution in [0.15, 0.2) is 29.0 Å². The second kappa shape index (κ2) is 25.2. The first-order valence-electron chi connectivity index (χ1n) is 23.1. The molecule has 0 saturated carbocycles. The SMILES string of the molecule is CCn1c(-c2nonc2N)nc2c(C#CC(C)(C)O)ncc(OCCCCCCCC(=O)NCCOCCOCCOCCOCCCc3cccc4c3C(=O)N(C3CCC(=O)NC3=O)C4=O)c21. The summed E-state index contributed by atoms with van der Waals surface area (Å²) in [6.45, 7) is 9.72. The van der Waals surface area contributed by atoms with Crippen molar-refractivity contribution < 1.29 is 57.4 Å². The van der Waals surface area contributed by atoms with E-state index in [9.17, 15) is 29.1 Å². The predicted octanol–water partition coefficient (Wildman–Crippen LogP) is 3.14. The number of fused-ring (bicyclic) bond motifs is 2. The van der Waals surface area contributed by atoms with Crippen LogP contribution in [-0.2, 0) is 46.3 Å². The Labute approximate surface area is 394 Å². The molecular formula is C47H61N9O12. The van der Waals surface area contributed by atoms with E-state index in [4.69, 9.17) is 39.0 Å². The van der Waals surface area contributed by atoms with Crippen LogP contribution in [0.4, 0.5) is 5.82 Å². The predicted molar refractivity (Wildman–Crippen MR) is 245 cm³/mol. The Bertz CT molecular complexity index is 2450. The van der Waals surface area contributed by atoms with Crippen molar-refractivity contribution in [2.45, 2.75) is 103 Å². The number of carbonyl (C=O) groups excluding carboxylic acids is 5. The van der Waals surface area contributed by atoms with Crippen LogP contribution in [0.1, 0.15) is 111 Å². The fourth-order valence-corrected chi connectivity index (χ4v) is 7.73. The van der Waals surface area contributed by atoms with Gasteiger partial charge in [-0.2, -0.15) is 0 Å². The quantitative estimate of drug-likeness (QED) is 0.0362. The monoisotopic (exact) mass is 943 g/mol. The summed E-state index contributed by atoms with van der Waals surface area (Å²) in [5.74, 6) is 4.73. The van der Waals surface area contributed by atoms with Crippen molar-refractivity contribution >= 4 is 46.4 Å². The molecule has 1 aromatic carbocycles. The summed E-state index contributed by atoms with van der Waals surface area (Å²) in [7, 11) is 0. The van der Waals surface area contributed by atoms with Gasteiger partial charge in [0.1, 0.15) is 28.4 Å². The van der Waals surface area contributed by atoms with Gasteiger partial charge >= 0.3 is 0 Å². The Kier molecular flexibility index (Phi) is 18.9. The van der Waals surface area contributed by atoms with Crippen molar-refractivity contribution in [3.05, 3.63) is 46.8 Å². The normalized spacial score (nSPS) is 14.9. The fourth-order valence-electron chi connectivity index (χ4n) is 7.73. The summed E-state index contributed by atoms with van der Waals surface area (Å²) in [6, 6.07) is 4.11. The Balaban J connectivity index is 0.741. The van der Waals surface area contributed by atoms with Gasteiger partial charge in [0.25, 0.3) is 11.8 Å². The number of anilines is 1. The maximum absolute atomic E-state index is 13.2. The van der Waals surface area contributed by atoms with Gasteiger partial charge < -0.3 is 44.4 Å². The van der Waals surface area contributed by atoms with E-state index >= 15 is 0 Å². The largest absolute Gasteiger partial charge is 0.490 e. The van der Waals surface area contributed by atoms with E-state index in [-0.39, 0.29) is 30.1 Å². The number of imidazole rings is 1. The van der Waals surface area contributed by atoms with Crippen LogP contribution < -0.4 is 21.1 Å². The summed E-state index contributed by atoms with van der Waals surface area (Å²) in [6.07, 6.45) is 7.76. The van der Waals surface area contributed by atoms with Crippen molar-refractivity contribution in [3.8, 4) is 29.1 Å². The number of amides is 5. The highest BCUT2D eigenvalue weighted by Crippen LogP contribution is 2.34. The highest BCUT2D eigenvalue weighted by Gasteiger charge is 2.45. The number of nitrogens with two attached hydrogens (primary N) is 1. The molecule has 6 rings (SSSR count). The zero-order valence-corrected chi connectivity index (χ0v) is 38.9. The Morgan fingerprint density at radius 3 is 2.32 bits per heavy atom. The number of hydrogen-bond acceptors (Lipinski definition) is 17. The summed E-state index contributed by atoms with van der Waals surface area (Å²) in [5, 5.41) is 22.9. The molecule has 5 heterocycles. The molecule has 366 valence electrons. The van der Waals surface area contributed by atoms with Gasteiger partial charge in [-0.25, -0.2) is 14.6 Å². The van der Waals surface area contributed by atoms with Crippen molar-refractivity contribution in [1.29, 1.82) is 0 Å². The van der Waals surface area contributed by atoms with Crippen molar-refractivity contribution in [1.82, 2.24) is 40.4 Å². The van der Waals surface area contributed by atoms with Crippen LogP contribution in [0.3, 0.4) is 0 Å². The molecule has 5 amide bonds. The number of aliphatic hydroxyl groups is 1. The number of imide groups is 2. The van der Waals surface area contributed by atoms with Crippen molar-refractivity contribution in [2.75, 3.05) is 71.7 Å². The highest BCUT2D eigenvalue weighted by atomic mass is 16.6. The molecule has 1 atom stereocenters. The third-order valence-electron chi connectivity index (χ3n) is 11.0. The topological polar surface area (TPSA) is 275 Å². The van der Waals surface area contributed by atoms with Gasteiger partial charge in [-0.1, -0.05) is 37.3 Å². The van der Waals surface area contributed by atoms with Crippen molar-refractivity contribution in [2.24, 2.45) is 0 Å². The molecule has 68 heavy (non-hydrogen) atoms. The first kappa shape index (κ1) is 51.1. The lowest BCUT2D eigenvalue weighted by atomic mass is 9.99. The van der Waals surface area contributed by atoms with Crippen LogP contribution in [0.5, 0.6) is 5.75 Å². The number of nitrogen functional groups attached to an aromatic ring is 1. The lowest BCUT2D eigenvalue weighted by molar-refractivity contribution is -0.136. The number of aromatic nitrogens is 5. The minimum atomic E-state index is -1.22. The van der Waals surface area contributed by atoms with Gasteiger partial charge in [0, 0.05) is 32.5 Å². The van der Waals surface area contributed by atoms with E-state index < -0.39 is 35.3 Å². The lowest BCUT2D eigenvalue weighted by Crippen LogP contribution is -2.54. The fraction of sp³-hybridized carbons (Fsp3) is 0.553. The van der Waals surface area contributed by atoms with Gasteiger partial charge in [0.15, 0.2) is 23.1 Å². The van der Waals surface area contributed by atoms with Gasteiger partial charge in [-0.05, 0) is 80.7 Å². The number of benzene rings is 1. The van der Waals surface area contributed by atoms with Gasteiger partial charge in [0.2, 0.25) is 17.7 Å². The summed E-state index contributed by atoms with van der Waals surface area (Å²) < 4.78 is 35.3. The van der Waals surface area contributed by atoms with E-state index in [0.29, 0.717) is 137 Å². The molecule has 2 aliphatic rings. The number of unbranched alkanes of at least 4 members (excludes halogenated alkanes) is 4. The Morgan fingerprint density at radius 2 is 1.63 bits per heavy atom. The molecule has 21 nitrogen and oxygen atoms in total. The average Bonchev–Trinajstić information content (AvgIpc) is 3.99. The first-order chi connectivity index (χ1) is 32.9. The Hall–Kier alpha value is -6.31. The molecular weight excluding hydrogens is 883 g/mol. The Morgan fingerprint density at radius 1 is 0.926 bits per heavy atom. The summed E-state index contributed by atoms with van der Waals surface area (Å²) in [5.41, 5.74) is 7.91. The van der Waals surface area contributed by atoms with Crippen LogP contribution in [0.2, 0.25) is 0 Å². The number of carbonyl (C=O) groups is 5. The molecule has 2 aliphatic heterocycles. The molecule has 5 N–H and O–H groups in total. The van der Waals surface area contributed by atoms with Crippen LogP contribution >= 0.6 is 0 Å². The number of hydrogen-bond donors (Lipinski definition) is 4. The van der Waals surface area contributed by atoms with E-state index in [0.717, 1.165) is 37.0 Å². The second-order valence-corrected chi connectivity index (χ2v) is 16.7. The number of ether oxygens (including phenoxy) is 5. The molecule has 3 aromatic heterocycles. The van der Waals surface area contributed by atoms with E-state index in [1.165, 1.54) is 0 Å². The first-order valence-corrected chi connectivity index (χ1v) is 23.1. The molecule has 1 saturated heterocycles. The summed E-state index contributed by atoms with van der Waals surface area (Å²) in [4.78, 5) is 72.7. The van der Waals surface area contributed by atoms with Gasteiger partial charge in [0.05, 0.1) is 70.2 Å². The van der Waals surface area contributed by atoms with Crippen LogP contribution in [-0.4, -0.2) is 142 Å². The van der Waals surface area contributed by atoms with E-state index in [1.54, 1.807) is 38.2 Å². The standard InChI is InChI=1S/C47H61N9O12/c1-4-55-41-35(30-50-33(18-19-47(2,3)62)39(41)52-43(55)40-42(48)54-68-53-40)67-22-9-7-5-6-8-15-36(57)49-20-23-64-25-27-66-29-28-65-26-24-63-21-11-13-31-12-10-14-32-38(31)46(61)56(45(32)60)34-16-17-37(58)51-44(34)59/h10,12,14,30,34,62H,4-9,11,13,15-17,20-29H2,1-3H3,(H2,48,54)(H,49,57)(H,51,58,59). The maximum Gasteiger partial charge on any atom is 0.262 e. The average molecular weight is 944 g/mol. The number of piperidine rings is 1. The minimum absolute atomic E-state index is 0.00907. The molecule has 1 fully saturated rings. The molecule has 4 aromatic rings. The number of pyridine rings is 1. The number of nitrogens with one attached hydrogen (secondary N) is 2. The number of rotatable bonds is 28. The summed E-state index contributed by atoms with van der Waals surface area (Å²) >= 11 is 0. The lowest BCUT2D eigenvalue weighted by Gasteiger charge is -2.27. The van der Waals surface area contributed by atoms with E-state index in [2.05, 4.69) is 37.8 Å². The van der Waals surface area contributed by atoms with E-state index in [1.807, 2.05) is 11.5 Å². The molecule has 0 spiro atoms. The smallest absolute Gasteiger partial charge is 0.262 e. The zero-order chi connectivity index (χ0) is 48.5. The maximum atomic E-state index is 13.2. The molecule has 1 unspecified atom stereocenters. The van der Waals surface area contributed by atoms with Crippen LogP contribution in [0, 0.1) is 11.8 Å². The minimum Gasteiger partial charge on any atom is -0.490 e. The third kappa shape index (κ3) is 13.9. The third-order valence-corrected chi connectivity index (χ3v) is 11.0. The van der Waals surface area contributed by atoms with Gasteiger partial charge in [-0.3, -0.25) is 34.2 Å². The number of aryl methyl sites for hydroxylation is 2. The molecule has 0 radical (unpaired) electrons. The zero-order valence-electron chi connectivity index (χ0n) is 38.9. The highest BCUT2D eigenvalue weighted by molar-refractivity contribution is 6.24. The molecule has 21 heteroatoms.